The van der Waals surface area contributed by atoms with E-state index in [9.17, 15) is 8.78 Å². The van der Waals surface area contributed by atoms with Crippen molar-refractivity contribution in [2.75, 3.05) is 6.61 Å². The van der Waals surface area contributed by atoms with Crippen LogP contribution in [0.3, 0.4) is 0 Å². The number of hydrogen-bond acceptors (Lipinski definition) is 1. The van der Waals surface area contributed by atoms with Crippen molar-refractivity contribution in [2.45, 2.75) is 39.0 Å². The summed E-state index contributed by atoms with van der Waals surface area (Å²) in [7, 11) is 0. The molecule has 0 spiro atoms. The van der Waals surface area contributed by atoms with Crippen molar-refractivity contribution in [1.82, 2.24) is 0 Å². The van der Waals surface area contributed by atoms with Crippen LogP contribution in [0.25, 0.3) is 10.8 Å². The monoisotopic (exact) mass is 454 g/mol. The van der Waals surface area contributed by atoms with Gasteiger partial charge in [0.15, 0.2) is 0 Å². The first-order valence-corrected chi connectivity index (χ1v) is 11.8. The maximum Gasteiger partial charge on any atom is 0.130 e. The molecule has 0 radical (unpaired) electrons. The SMILES string of the molecule is CCCCCOc1ccc(CCc2ccc(C#Cc3ccc4cc(F)ccc4c3)cc2)c(F)c1. The molecule has 0 bridgehead atoms. The minimum atomic E-state index is -0.238. The van der Waals surface area contributed by atoms with Crippen molar-refractivity contribution < 1.29 is 13.5 Å². The van der Waals surface area contributed by atoms with E-state index in [4.69, 9.17) is 4.74 Å². The smallest absolute Gasteiger partial charge is 0.130 e. The minimum absolute atomic E-state index is 0.214. The Bertz CT molecular complexity index is 1310. The van der Waals surface area contributed by atoms with Crippen molar-refractivity contribution in [1.29, 1.82) is 0 Å². The third-order valence-corrected chi connectivity index (χ3v) is 5.83. The highest BCUT2D eigenvalue weighted by molar-refractivity contribution is 5.84. The van der Waals surface area contributed by atoms with Gasteiger partial charge in [-0.25, -0.2) is 8.78 Å². The van der Waals surface area contributed by atoms with Gasteiger partial charge in [0.25, 0.3) is 0 Å². The van der Waals surface area contributed by atoms with Crippen LogP contribution in [0.1, 0.15) is 48.4 Å². The van der Waals surface area contributed by atoms with Crippen LogP contribution in [0.5, 0.6) is 5.75 Å². The molecule has 0 aromatic heterocycles. The van der Waals surface area contributed by atoms with Gasteiger partial charge in [-0.1, -0.05) is 61.9 Å². The minimum Gasteiger partial charge on any atom is -0.493 e. The fourth-order valence-corrected chi connectivity index (χ4v) is 3.84. The van der Waals surface area contributed by atoms with E-state index in [1.165, 1.54) is 18.2 Å². The first kappa shape index (κ1) is 23.5. The van der Waals surface area contributed by atoms with Gasteiger partial charge in [0.05, 0.1) is 6.61 Å². The van der Waals surface area contributed by atoms with E-state index < -0.39 is 0 Å². The van der Waals surface area contributed by atoms with E-state index in [0.29, 0.717) is 24.3 Å². The summed E-state index contributed by atoms with van der Waals surface area (Å²) in [6.45, 7) is 2.77. The standard InChI is InChI=1S/C31H28F2O/c1-2-3-4-19-34-30-18-16-26(31(33)22-30)13-11-24-7-5-23(6-8-24)9-10-25-12-14-28-21-29(32)17-15-27(28)20-25/h5-8,12,14-18,20-22H,2-4,11,13,19H2,1H3. The molecule has 4 aromatic carbocycles. The fourth-order valence-electron chi connectivity index (χ4n) is 3.84. The van der Waals surface area contributed by atoms with Crippen LogP contribution >= 0.6 is 0 Å². The Kier molecular flexibility index (Phi) is 7.94. The second kappa shape index (κ2) is 11.5. The van der Waals surface area contributed by atoms with E-state index in [1.54, 1.807) is 6.07 Å². The molecule has 0 amide bonds. The lowest BCUT2D eigenvalue weighted by molar-refractivity contribution is 0.304. The summed E-state index contributed by atoms with van der Waals surface area (Å²) in [6.07, 6.45) is 4.63. The van der Waals surface area contributed by atoms with Crippen LogP contribution in [-0.2, 0) is 12.8 Å². The average Bonchev–Trinajstić information content (AvgIpc) is 2.85. The summed E-state index contributed by atoms with van der Waals surface area (Å²) >= 11 is 0. The summed E-state index contributed by atoms with van der Waals surface area (Å²) in [4.78, 5) is 0. The highest BCUT2D eigenvalue weighted by Gasteiger charge is 2.05. The van der Waals surface area contributed by atoms with Crippen LogP contribution in [-0.4, -0.2) is 6.61 Å². The molecule has 0 unspecified atom stereocenters. The number of fused-ring (bicyclic) bond motifs is 1. The zero-order valence-corrected chi connectivity index (χ0v) is 19.4. The Hall–Kier alpha value is -3.64. The van der Waals surface area contributed by atoms with Gasteiger partial charge in [-0.05, 0) is 83.6 Å². The molecule has 0 atom stereocenters. The molecule has 0 saturated carbocycles. The van der Waals surface area contributed by atoms with E-state index in [1.807, 2.05) is 54.6 Å². The van der Waals surface area contributed by atoms with Crippen LogP contribution in [0.4, 0.5) is 8.78 Å². The van der Waals surface area contributed by atoms with E-state index in [0.717, 1.165) is 53.1 Å². The Morgan fingerprint density at radius 2 is 1.44 bits per heavy atom. The summed E-state index contributed by atoms with van der Waals surface area (Å²) in [5, 5.41) is 1.83. The van der Waals surface area contributed by atoms with Crippen LogP contribution in [0.15, 0.2) is 78.9 Å². The van der Waals surface area contributed by atoms with Crippen molar-refractivity contribution in [2.24, 2.45) is 0 Å². The predicted molar refractivity (Wildman–Crippen MR) is 135 cm³/mol. The fraction of sp³-hybridized carbons (Fsp3) is 0.226. The molecule has 1 nitrogen and oxygen atoms in total. The van der Waals surface area contributed by atoms with Crippen molar-refractivity contribution >= 4 is 10.8 Å². The topological polar surface area (TPSA) is 9.23 Å². The highest BCUT2D eigenvalue weighted by atomic mass is 19.1. The number of hydrogen-bond donors (Lipinski definition) is 0. The molecule has 172 valence electrons. The molecule has 4 rings (SSSR count). The van der Waals surface area contributed by atoms with Gasteiger partial charge in [-0.3, -0.25) is 0 Å². The largest absolute Gasteiger partial charge is 0.493 e. The summed E-state index contributed by atoms with van der Waals surface area (Å²) in [5.41, 5.74) is 3.63. The zero-order valence-electron chi connectivity index (χ0n) is 19.4. The molecule has 4 aromatic rings. The molecule has 34 heavy (non-hydrogen) atoms. The number of ether oxygens (including phenoxy) is 1. The Morgan fingerprint density at radius 1 is 0.706 bits per heavy atom. The van der Waals surface area contributed by atoms with Gasteiger partial charge in [0.2, 0.25) is 0 Å². The maximum absolute atomic E-state index is 14.5. The second-order valence-corrected chi connectivity index (χ2v) is 8.46. The van der Waals surface area contributed by atoms with Crippen molar-refractivity contribution in [3.05, 3.63) is 113 Å². The Balaban J connectivity index is 1.33. The van der Waals surface area contributed by atoms with Gasteiger partial charge in [-0.2, -0.15) is 0 Å². The molecular formula is C31H28F2O. The lowest BCUT2D eigenvalue weighted by Gasteiger charge is -2.09. The van der Waals surface area contributed by atoms with E-state index >= 15 is 0 Å². The molecule has 0 N–H and O–H groups in total. The van der Waals surface area contributed by atoms with Gasteiger partial charge in [0.1, 0.15) is 17.4 Å². The van der Waals surface area contributed by atoms with Crippen LogP contribution < -0.4 is 4.74 Å². The summed E-state index contributed by atoms with van der Waals surface area (Å²) < 4.78 is 33.4. The average molecular weight is 455 g/mol. The number of benzene rings is 4. The first-order valence-electron chi connectivity index (χ1n) is 11.8. The second-order valence-electron chi connectivity index (χ2n) is 8.46. The third-order valence-electron chi connectivity index (χ3n) is 5.83. The number of aryl methyl sites for hydroxylation is 2. The van der Waals surface area contributed by atoms with E-state index in [2.05, 4.69) is 18.8 Å². The van der Waals surface area contributed by atoms with Crippen LogP contribution in [0.2, 0.25) is 0 Å². The number of rotatable bonds is 8. The molecule has 0 saturated heterocycles. The maximum atomic E-state index is 14.5. The number of unbranched alkanes of at least 4 members (excludes halogenated alkanes) is 2. The lowest BCUT2D eigenvalue weighted by Crippen LogP contribution is -1.99. The van der Waals surface area contributed by atoms with Crippen LogP contribution in [0, 0.1) is 23.5 Å². The summed E-state index contributed by atoms with van der Waals surface area (Å²) in [6, 6.07) is 23.7. The molecule has 0 heterocycles. The highest BCUT2D eigenvalue weighted by Crippen LogP contribution is 2.20. The van der Waals surface area contributed by atoms with Gasteiger partial charge in [0, 0.05) is 17.2 Å². The molecule has 0 aliphatic rings. The van der Waals surface area contributed by atoms with Crippen molar-refractivity contribution in [3.8, 4) is 17.6 Å². The van der Waals surface area contributed by atoms with Gasteiger partial charge in [-0.15, -0.1) is 0 Å². The Morgan fingerprint density at radius 3 is 2.24 bits per heavy atom. The first-order chi connectivity index (χ1) is 16.6. The summed E-state index contributed by atoms with van der Waals surface area (Å²) in [5.74, 6) is 6.50. The molecule has 0 aliphatic carbocycles. The predicted octanol–water partition coefficient (Wildman–Crippen LogP) is 7.87. The van der Waals surface area contributed by atoms with Gasteiger partial charge < -0.3 is 4.74 Å². The number of halogens is 2. The normalized spacial score (nSPS) is 10.7. The van der Waals surface area contributed by atoms with E-state index in [-0.39, 0.29) is 11.6 Å². The van der Waals surface area contributed by atoms with Gasteiger partial charge >= 0.3 is 0 Å². The quantitative estimate of drug-likeness (QED) is 0.194. The molecular weight excluding hydrogens is 426 g/mol. The molecule has 0 aliphatic heterocycles. The van der Waals surface area contributed by atoms with Crippen molar-refractivity contribution in [3.63, 3.8) is 0 Å². The third kappa shape index (κ3) is 6.45. The Labute approximate surface area is 200 Å². The molecule has 3 heteroatoms. The molecule has 0 fully saturated rings. The zero-order chi connectivity index (χ0) is 23.8. The lowest BCUT2D eigenvalue weighted by atomic mass is 10.0.